The number of benzene rings is 2. The highest BCUT2D eigenvalue weighted by atomic mass is 32.2. The van der Waals surface area contributed by atoms with Gasteiger partial charge in [-0.05, 0) is 48.9 Å². The van der Waals surface area contributed by atoms with E-state index in [-0.39, 0.29) is 22.0 Å². The molecule has 1 heterocycles. The highest BCUT2D eigenvalue weighted by Crippen LogP contribution is 2.32. The number of furan rings is 1. The first-order valence-corrected chi connectivity index (χ1v) is 10.2. The van der Waals surface area contributed by atoms with Gasteiger partial charge < -0.3 is 9.73 Å². The second-order valence-corrected chi connectivity index (χ2v) is 8.11. The molecule has 3 aromatic rings. The first-order valence-electron chi connectivity index (χ1n) is 8.66. The van der Waals surface area contributed by atoms with Crippen LogP contribution in [0, 0.1) is 0 Å². The van der Waals surface area contributed by atoms with Crippen LogP contribution in [-0.4, -0.2) is 14.3 Å². The first-order chi connectivity index (χ1) is 13.9. The topological polar surface area (TPSA) is 102 Å². The van der Waals surface area contributed by atoms with Crippen LogP contribution in [0.1, 0.15) is 34.6 Å². The van der Waals surface area contributed by atoms with Crippen molar-refractivity contribution in [2.24, 2.45) is 5.14 Å². The molecule has 1 amide bonds. The molecule has 0 bridgehead atoms. The lowest BCUT2D eigenvalue weighted by Gasteiger charge is -2.13. The third-order valence-corrected chi connectivity index (χ3v) is 5.29. The average molecular weight is 438 g/mol. The van der Waals surface area contributed by atoms with Crippen LogP contribution in [-0.2, 0) is 16.2 Å². The molecule has 0 saturated heterocycles. The zero-order valence-corrected chi connectivity index (χ0v) is 16.4. The Kier molecular flexibility index (Phi) is 5.73. The highest BCUT2D eigenvalue weighted by molar-refractivity contribution is 7.89. The summed E-state index contributed by atoms with van der Waals surface area (Å²) < 4.78 is 66.7. The van der Waals surface area contributed by atoms with E-state index in [2.05, 4.69) is 5.32 Å². The van der Waals surface area contributed by atoms with E-state index in [0.717, 1.165) is 12.1 Å². The van der Waals surface area contributed by atoms with Crippen molar-refractivity contribution in [3.8, 4) is 11.3 Å². The fourth-order valence-corrected chi connectivity index (χ4v) is 3.28. The molecule has 158 valence electrons. The standard InChI is InChI=1S/C20H17F3N2O4S/c1-12(13-5-7-16(8-6-13)30(24,27)28)25-19(26)18-10-9-17(29-18)14-3-2-4-15(11-14)20(21,22)23/h2-12H,1H3,(H,25,26)(H2,24,27,28). The van der Waals surface area contributed by atoms with Gasteiger partial charge in [-0.3, -0.25) is 4.79 Å². The van der Waals surface area contributed by atoms with Crippen LogP contribution in [0.2, 0.25) is 0 Å². The Bertz CT molecular complexity index is 1170. The summed E-state index contributed by atoms with van der Waals surface area (Å²) >= 11 is 0. The summed E-state index contributed by atoms with van der Waals surface area (Å²) in [4.78, 5) is 12.4. The minimum Gasteiger partial charge on any atom is -0.451 e. The van der Waals surface area contributed by atoms with E-state index in [1.165, 1.54) is 48.5 Å². The second-order valence-electron chi connectivity index (χ2n) is 6.55. The minimum absolute atomic E-state index is 0.0541. The smallest absolute Gasteiger partial charge is 0.416 e. The van der Waals surface area contributed by atoms with Crippen LogP contribution in [0.15, 0.2) is 70.0 Å². The summed E-state index contributed by atoms with van der Waals surface area (Å²) in [5.74, 6) is -0.525. The summed E-state index contributed by atoms with van der Waals surface area (Å²) in [6.07, 6.45) is -4.49. The molecule has 0 fully saturated rings. The zero-order valence-electron chi connectivity index (χ0n) is 15.6. The summed E-state index contributed by atoms with van der Waals surface area (Å²) in [6, 6.07) is 12.6. The molecule has 0 radical (unpaired) electrons. The van der Waals surface area contributed by atoms with Gasteiger partial charge in [0, 0.05) is 5.56 Å². The second kappa shape index (κ2) is 7.96. The quantitative estimate of drug-likeness (QED) is 0.626. The van der Waals surface area contributed by atoms with Crippen LogP contribution in [0.4, 0.5) is 13.2 Å². The third-order valence-electron chi connectivity index (χ3n) is 4.36. The Hall–Kier alpha value is -3.11. The van der Waals surface area contributed by atoms with E-state index in [1.54, 1.807) is 6.92 Å². The number of nitrogens with one attached hydrogen (secondary N) is 1. The van der Waals surface area contributed by atoms with Gasteiger partial charge in [-0.15, -0.1) is 0 Å². The number of nitrogens with two attached hydrogens (primary N) is 1. The van der Waals surface area contributed by atoms with Crippen molar-refractivity contribution in [2.45, 2.75) is 24.0 Å². The van der Waals surface area contributed by atoms with Crippen LogP contribution >= 0.6 is 0 Å². The maximum Gasteiger partial charge on any atom is 0.416 e. The van der Waals surface area contributed by atoms with Crippen molar-refractivity contribution in [1.29, 1.82) is 0 Å². The Morgan fingerprint density at radius 2 is 1.73 bits per heavy atom. The number of halogens is 3. The molecule has 2 aromatic carbocycles. The number of rotatable bonds is 5. The lowest BCUT2D eigenvalue weighted by Crippen LogP contribution is -2.26. The zero-order chi connectivity index (χ0) is 22.1. The SMILES string of the molecule is CC(NC(=O)c1ccc(-c2cccc(C(F)(F)F)c2)o1)c1ccc(S(N)(=O)=O)cc1. The molecule has 0 aliphatic rings. The number of alkyl halides is 3. The van der Waals surface area contributed by atoms with Crippen LogP contribution in [0.25, 0.3) is 11.3 Å². The number of carbonyl (C=O) groups excluding carboxylic acids is 1. The summed E-state index contributed by atoms with van der Waals surface area (Å²) in [5, 5.41) is 7.73. The molecular formula is C20H17F3N2O4S. The third kappa shape index (κ3) is 4.89. The Morgan fingerprint density at radius 3 is 2.33 bits per heavy atom. The van der Waals surface area contributed by atoms with E-state index in [9.17, 15) is 26.4 Å². The number of sulfonamides is 1. The number of amides is 1. The molecule has 0 aliphatic heterocycles. The number of hydrogen-bond donors (Lipinski definition) is 2. The first kappa shape index (κ1) is 21.6. The Morgan fingerprint density at radius 1 is 1.07 bits per heavy atom. The molecule has 3 rings (SSSR count). The highest BCUT2D eigenvalue weighted by Gasteiger charge is 2.30. The molecule has 1 unspecified atom stereocenters. The van der Waals surface area contributed by atoms with E-state index in [4.69, 9.17) is 9.56 Å². The summed E-state index contributed by atoms with van der Waals surface area (Å²) in [6.45, 7) is 1.68. The van der Waals surface area contributed by atoms with Crippen molar-refractivity contribution in [3.05, 3.63) is 77.6 Å². The van der Waals surface area contributed by atoms with Crippen molar-refractivity contribution in [3.63, 3.8) is 0 Å². The predicted molar refractivity (Wildman–Crippen MR) is 103 cm³/mol. The van der Waals surface area contributed by atoms with E-state index >= 15 is 0 Å². The monoisotopic (exact) mass is 438 g/mol. The van der Waals surface area contributed by atoms with Gasteiger partial charge in [0.25, 0.3) is 5.91 Å². The predicted octanol–water partition coefficient (Wildman–Crippen LogP) is 4.10. The average Bonchev–Trinajstić information content (AvgIpc) is 3.17. The van der Waals surface area contributed by atoms with Crippen molar-refractivity contribution < 1.29 is 30.8 Å². The summed E-state index contributed by atoms with van der Waals surface area (Å²) in [5.41, 5.74) is -0.00474. The molecule has 0 saturated carbocycles. The van der Waals surface area contributed by atoms with Gasteiger partial charge in [0.05, 0.1) is 16.5 Å². The van der Waals surface area contributed by atoms with Gasteiger partial charge in [0.1, 0.15) is 5.76 Å². The van der Waals surface area contributed by atoms with Crippen molar-refractivity contribution in [1.82, 2.24) is 5.32 Å². The van der Waals surface area contributed by atoms with Gasteiger partial charge in [0.2, 0.25) is 10.0 Å². The molecule has 30 heavy (non-hydrogen) atoms. The maximum atomic E-state index is 12.9. The van der Waals surface area contributed by atoms with Crippen molar-refractivity contribution >= 4 is 15.9 Å². The molecule has 1 aromatic heterocycles. The van der Waals surface area contributed by atoms with Gasteiger partial charge in [-0.1, -0.05) is 24.3 Å². The van der Waals surface area contributed by atoms with E-state index < -0.39 is 33.7 Å². The number of hydrogen-bond acceptors (Lipinski definition) is 4. The molecule has 10 heteroatoms. The molecule has 1 atom stereocenters. The molecule has 0 aliphatic carbocycles. The fourth-order valence-electron chi connectivity index (χ4n) is 2.76. The van der Waals surface area contributed by atoms with Crippen molar-refractivity contribution in [2.75, 3.05) is 0 Å². The minimum atomic E-state index is -4.49. The van der Waals surface area contributed by atoms with Gasteiger partial charge in [0.15, 0.2) is 5.76 Å². The Balaban J connectivity index is 1.74. The largest absolute Gasteiger partial charge is 0.451 e. The van der Waals surface area contributed by atoms with Crippen LogP contribution in [0.5, 0.6) is 0 Å². The lowest BCUT2D eigenvalue weighted by molar-refractivity contribution is -0.137. The molecule has 3 N–H and O–H groups in total. The molecule has 6 nitrogen and oxygen atoms in total. The van der Waals surface area contributed by atoms with Crippen LogP contribution in [0.3, 0.4) is 0 Å². The Labute approximate surface area is 170 Å². The lowest BCUT2D eigenvalue weighted by atomic mass is 10.1. The van der Waals surface area contributed by atoms with Crippen LogP contribution < -0.4 is 10.5 Å². The van der Waals surface area contributed by atoms with Gasteiger partial charge in [-0.2, -0.15) is 13.2 Å². The van der Waals surface area contributed by atoms with E-state index in [0.29, 0.717) is 5.56 Å². The number of primary sulfonamides is 1. The normalized spacial score (nSPS) is 13.1. The molecular weight excluding hydrogens is 421 g/mol. The van der Waals surface area contributed by atoms with E-state index in [1.807, 2.05) is 0 Å². The maximum absolute atomic E-state index is 12.9. The number of carbonyl (C=O) groups is 1. The van der Waals surface area contributed by atoms with Gasteiger partial charge >= 0.3 is 6.18 Å². The fraction of sp³-hybridized carbons (Fsp3) is 0.150. The molecule has 0 spiro atoms. The van der Waals surface area contributed by atoms with Gasteiger partial charge in [-0.25, -0.2) is 13.6 Å². The summed E-state index contributed by atoms with van der Waals surface area (Å²) in [7, 11) is -3.82.